The van der Waals surface area contributed by atoms with Crippen LogP contribution in [-0.2, 0) is 20.0 Å². The monoisotopic (exact) mass is 389 g/mol. The number of aromatic amines is 1. The SMILES string of the molecule is CC(C)c1nc2c(n1C)CCN(c1nc3c(cnn3-c3ccccc3)c(=O)[nH]1)C2. The van der Waals surface area contributed by atoms with Crippen LogP contribution in [0.2, 0.25) is 0 Å². The van der Waals surface area contributed by atoms with Crippen molar-refractivity contribution in [3.8, 4) is 5.69 Å². The third-order valence-corrected chi connectivity index (χ3v) is 5.53. The molecule has 4 aromatic rings. The third-order valence-electron chi connectivity index (χ3n) is 5.53. The van der Waals surface area contributed by atoms with Crippen molar-refractivity contribution in [3.63, 3.8) is 0 Å². The largest absolute Gasteiger partial charge is 0.336 e. The van der Waals surface area contributed by atoms with E-state index >= 15 is 0 Å². The molecule has 0 aliphatic carbocycles. The van der Waals surface area contributed by atoms with Gasteiger partial charge in [0.05, 0.1) is 24.1 Å². The molecular weight excluding hydrogens is 366 g/mol. The van der Waals surface area contributed by atoms with Gasteiger partial charge in [0.1, 0.15) is 11.2 Å². The van der Waals surface area contributed by atoms with Gasteiger partial charge in [0.15, 0.2) is 5.65 Å². The molecule has 29 heavy (non-hydrogen) atoms. The van der Waals surface area contributed by atoms with Gasteiger partial charge in [-0.05, 0) is 12.1 Å². The van der Waals surface area contributed by atoms with E-state index in [1.807, 2.05) is 30.3 Å². The maximum absolute atomic E-state index is 12.7. The zero-order valence-corrected chi connectivity index (χ0v) is 16.8. The highest BCUT2D eigenvalue weighted by Gasteiger charge is 2.25. The van der Waals surface area contributed by atoms with Crippen molar-refractivity contribution in [2.45, 2.75) is 32.7 Å². The summed E-state index contributed by atoms with van der Waals surface area (Å²) < 4.78 is 3.92. The standard InChI is InChI=1S/C21H23N7O/c1-13(2)18-23-16-12-27(10-9-17(16)26(18)3)21-24-19-15(20(29)25-21)11-22-28(19)14-7-5-4-6-8-14/h4-8,11,13H,9-10,12H2,1-3H3,(H,24,25,29). The van der Waals surface area contributed by atoms with E-state index in [0.29, 0.717) is 29.4 Å². The van der Waals surface area contributed by atoms with Crippen molar-refractivity contribution < 1.29 is 0 Å². The summed E-state index contributed by atoms with van der Waals surface area (Å²) >= 11 is 0. The van der Waals surface area contributed by atoms with Gasteiger partial charge in [0.2, 0.25) is 5.95 Å². The van der Waals surface area contributed by atoms with Gasteiger partial charge in [-0.25, -0.2) is 9.67 Å². The molecule has 0 unspecified atom stereocenters. The molecule has 0 spiro atoms. The van der Waals surface area contributed by atoms with Crippen LogP contribution >= 0.6 is 0 Å². The number of anilines is 1. The van der Waals surface area contributed by atoms with Crippen molar-refractivity contribution >= 4 is 17.0 Å². The van der Waals surface area contributed by atoms with E-state index in [1.54, 1.807) is 10.9 Å². The molecule has 0 saturated carbocycles. The summed E-state index contributed by atoms with van der Waals surface area (Å²) in [6, 6.07) is 9.73. The first kappa shape index (κ1) is 17.7. The first-order valence-electron chi connectivity index (χ1n) is 9.85. The Morgan fingerprint density at radius 2 is 1.93 bits per heavy atom. The lowest BCUT2D eigenvalue weighted by Gasteiger charge is -2.27. The molecule has 8 heteroatoms. The Kier molecular flexibility index (Phi) is 4.01. The first-order chi connectivity index (χ1) is 14.0. The smallest absolute Gasteiger partial charge is 0.263 e. The molecule has 1 aliphatic rings. The topological polar surface area (TPSA) is 84.6 Å². The minimum absolute atomic E-state index is 0.179. The number of hydrogen-bond donors (Lipinski definition) is 1. The molecule has 5 rings (SSSR count). The Morgan fingerprint density at radius 1 is 1.14 bits per heavy atom. The molecule has 1 aromatic carbocycles. The normalized spacial score (nSPS) is 14.0. The Bertz CT molecular complexity index is 1250. The molecule has 4 heterocycles. The van der Waals surface area contributed by atoms with E-state index in [1.165, 1.54) is 5.69 Å². The van der Waals surface area contributed by atoms with Crippen LogP contribution in [0.25, 0.3) is 16.7 Å². The van der Waals surface area contributed by atoms with Crippen LogP contribution in [0.4, 0.5) is 5.95 Å². The summed E-state index contributed by atoms with van der Waals surface area (Å²) in [4.78, 5) is 27.3. The van der Waals surface area contributed by atoms with Gasteiger partial charge in [0, 0.05) is 31.6 Å². The van der Waals surface area contributed by atoms with E-state index in [0.717, 1.165) is 30.2 Å². The summed E-state index contributed by atoms with van der Waals surface area (Å²) in [5.74, 6) is 2.02. The molecule has 0 saturated heterocycles. The quantitative estimate of drug-likeness (QED) is 0.582. The number of hydrogen-bond acceptors (Lipinski definition) is 5. The van der Waals surface area contributed by atoms with Gasteiger partial charge in [-0.2, -0.15) is 10.1 Å². The molecule has 1 N–H and O–H groups in total. The summed E-state index contributed by atoms with van der Waals surface area (Å²) in [6.45, 7) is 5.72. The van der Waals surface area contributed by atoms with Crippen molar-refractivity contribution in [1.82, 2.24) is 29.3 Å². The molecule has 0 amide bonds. The fraction of sp³-hybridized carbons (Fsp3) is 0.333. The second-order valence-corrected chi connectivity index (χ2v) is 7.77. The maximum atomic E-state index is 12.7. The molecular formula is C21H23N7O. The molecule has 3 aromatic heterocycles. The van der Waals surface area contributed by atoms with Crippen molar-refractivity contribution in [1.29, 1.82) is 0 Å². The van der Waals surface area contributed by atoms with Crippen LogP contribution in [0.15, 0.2) is 41.3 Å². The minimum atomic E-state index is -0.179. The lowest BCUT2D eigenvalue weighted by atomic mass is 10.1. The van der Waals surface area contributed by atoms with Crippen molar-refractivity contribution in [2.75, 3.05) is 11.4 Å². The average Bonchev–Trinajstić information content (AvgIpc) is 3.30. The highest BCUT2D eigenvalue weighted by molar-refractivity contribution is 5.76. The summed E-state index contributed by atoms with van der Waals surface area (Å²) in [5.41, 5.74) is 3.58. The fourth-order valence-corrected chi connectivity index (χ4v) is 4.06. The van der Waals surface area contributed by atoms with Crippen molar-refractivity contribution in [2.24, 2.45) is 7.05 Å². The zero-order chi connectivity index (χ0) is 20.1. The number of nitrogens with zero attached hydrogens (tertiary/aromatic N) is 6. The highest BCUT2D eigenvalue weighted by Crippen LogP contribution is 2.25. The van der Waals surface area contributed by atoms with Crippen LogP contribution < -0.4 is 10.5 Å². The molecule has 1 aliphatic heterocycles. The minimum Gasteiger partial charge on any atom is -0.336 e. The number of nitrogens with one attached hydrogen (secondary N) is 1. The second kappa shape index (κ2) is 6.58. The van der Waals surface area contributed by atoms with Crippen LogP contribution in [0.3, 0.4) is 0 Å². The number of imidazole rings is 1. The zero-order valence-electron chi connectivity index (χ0n) is 16.8. The Morgan fingerprint density at radius 3 is 2.69 bits per heavy atom. The summed E-state index contributed by atoms with van der Waals surface area (Å²) in [6.07, 6.45) is 2.44. The van der Waals surface area contributed by atoms with Gasteiger partial charge >= 0.3 is 0 Å². The van der Waals surface area contributed by atoms with Gasteiger partial charge < -0.3 is 9.47 Å². The van der Waals surface area contributed by atoms with Gasteiger partial charge in [-0.15, -0.1) is 0 Å². The van der Waals surface area contributed by atoms with Crippen LogP contribution in [0, 0.1) is 0 Å². The number of rotatable bonds is 3. The van der Waals surface area contributed by atoms with Crippen LogP contribution in [-0.4, -0.2) is 35.8 Å². The number of aromatic nitrogens is 6. The van der Waals surface area contributed by atoms with E-state index in [2.05, 4.69) is 40.4 Å². The van der Waals surface area contributed by atoms with Crippen molar-refractivity contribution in [3.05, 3.63) is 64.1 Å². The highest BCUT2D eigenvalue weighted by atomic mass is 16.1. The van der Waals surface area contributed by atoms with Crippen LogP contribution in [0.1, 0.15) is 37.0 Å². The molecule has 0 fully saturated rings. The lowest BCUT2D eigenvalue weighted by molar-refractivity contribution is 0.653. The fourth-order valence-electron chi connectivity index (χ4n) is 4.06. The number of fused-ring (bicyclic) bond motifs is 2. The van der Waals surface area contributed by atoms with E-state index < -0.39 is 0 Å². The molecule has 0 bridgehead atoms. The molecule has 0 radical (unpaired) electrons. The average molecular weight is 389 g/mol. The Hall–Kier alpha value is -3.42. The maximum Gasteiger partial charge on any atom is 0.263 e. The predicted octanol–water partition coefficient (Wildman–Crippen LogP) is 2.53. The van der Waals surface area contributed by atoms with Gasteiger partial charge in [0.25, 0.3) is 5.56 Å². The van der Waals surface area contributed by atoms with Crippen LogP contribution in [0.5, 0.6) is 0 Å². The Labute approximate surface area is 167 Å². The van der Waals surface area contributed by atoms with E-state index in [-0.39, 0.29) is 5.56 Å². The second-order valence-electron chi connectivity index (χ2n) is 7.77. The summed E-state index contributed by atoms with van der Waals surface area (Å²) in [7, 11) is 2.08. The number of benzene rings is 1. The summed E-state index contributed by atoms with van der Waals surface area (Å²) in [5, 5.41) is 4.86. The molecule has 0 atom stereocenters. The number of para-hydroxylation sites is 1. The lowest BCUT2D eigenvalue weighted by Crippen LogP contribution is -2.33. The first-order valence-corrected chi connectivity index (χ1v) is 9.85. The third kappa shape index (κ3) is 2.83. The van der Waals surface area contributed by atoms with Gasteiger partial charge in [-0.1, -0.05) is 32.0 Å². The molecule has 8 nitrogen and oxygen atoms in total. The van der Waals surface area contributed by atoms with E-state index in [9.17, 15) is 4.79 Å². The van der Waals surface area contributed by atoms with E-state index in [4.69, 9.17) is 9.97 Å². The number of H-pyrrole nitrogens is 1. The van der Waals surface area contributed by atoms with Gasteiger partial charge in [-0.3, -0.25) is 9.78 Å². The Balaban J connectivity index is 1.56. The molecule has 148 valence electrons. The predicted molar refractivity (Wildman–Crippen MR) is 112 cm³/mol.